The van der Waals surface area contributed by atoms with E-state index in [0.717, 1.165) is 11.8 Å². The van der Waals surface area contributed by atoms with Crippen LogP contribution in [0, 0.1) is 15.9 Å². The normalized spacial score (nSPS) is 11.3. The van der Waals surface area contributed by atoms with Gasteiger partial charge >= 0.3 is 0 Å². The number of nitrogens with zero attached hydrogens (tertiary/aromatic N) is 3. The topological polar surface area (TPSA) is 133 Å². The van der Waals surface area contributed by atoms with Crippen LogP contribution in [0.1, 0.15) is 5.56 Å². The van der Waals surface area contributed by atoms with Crippen molar-refractivity contribution in [3.8, 4) is 16.9 Å². The second-order valence-corrected chi connectivity index (χ2v) is 8.66. The van der Waals surface area contributed by atoms with Crippen molar-refractivity contribution < 1.29 is 17.7 Å². The Morgan fingerprint density at radius 2 is 1.76 bits per heavy atom. The molecule has 11 heteroatoms. The molecule has 1 aromatic heterocycles. The molecule has 4 rings (SSSR count). The zero-order valence-corrected chi connectivity index (χ0v) is 17.9. The number of nitro groups is 1. The van der Waals surface area contributed by atoms with Gasteiger partial charge in [0.15, 0.2) is 0 Å². The molecule has 33 heavy (non-hydrogen) atoms. The van der Waals surface area contributed by atoms with Gasteiger partial charge in [-0.2, -0.15) is 5.10 Å². The van der Waals surface area contributed by atoms with E-state index in [0.29, 0.717) is 16.8 Å². The molecule has 0 aliphatic carbocycles. The number of hydrogen-bond donors (Lipinski definition) is 2. The lowest BCUT2D eigenvalue weighted by Gasteiger charge is -2.11. The van der Waals surface area contributed by atoms with Gasteiger partial charge in [-0.1, -0.05) is 18.2 Å². The Bertz CT molecular complexity index is 1420. The largest absolute Gasteiger partial charge is 0.380 e. The van der Waals surface area contributed by atoms with E-state index in [4.69, 9.17) is 5.14 Å². The molecule has 4 aromatic rings. The number of primary sulfonamides is 1. The quantitative estimate of drug-likeness (QED) is 0.313. The minimum Gasteiger partial charge on any atom is -0.380 e. The summed E-state index contributed by atoms with van der Waals surface area (Å²) < 4.78 is 39.1. The van der Waals surface area contributed by atoms with Crippen LogP contribution in [0.4, 0.5) is 15.8 Å². The monoisotopic (exact) mass is 467 g/mol. The van der Waals surface area contributed by atoms with E-state index in [1.165, 1.54) is 24.3 Å². The fourth-order valence-corrected chi connectivity index (χ4v) is 4.03. The molecule has 0 unspecified atom stereocenters. The third-order valence-electron chi connectivity index (χ3n) is 4.88. The summed E-state index contributed by atoms with van der Waals surface area (Å²) >= 11 is 0. The Labute approximate surface area is 188 Å². The second-order valence-electron chi connectivity index (χ2n) is 7.13. The van der Waals surface area contributed by atoms with Gasteiger partial charge in [-0.3, -0.25) is 10.1 Å². The van der Waals surface area contributed by atoms with Crippen LogP contribution >= 0.6 is 0 Å². The highest BCUT2D eigenvalue weighted by atomic mass is 32.2. The van der Waals surface area contributed by atoms with Gasteiger partial charge in [0.05, 0.1) is 22.0 Å². The zero-order valence-electron chi connectivity index (χ0n) is 17.1. The van der Waals surface area contributed by atoms with E-state index < -0.39 is 25.5 Å². The zero-order chi connectivity index (χ0) is 23.6. The van der Waals surface area contributed by atoms with Gasteiger partial charge < -0.3 is 5.32 Å². The molecule has 3 N–H and O–H groups in total. The van der Waals surface area contributed by atoms with E-state index >= 15 is 0 Å². The Balaban J connectivity index is 1.73. The van der Waals surface area contributed by atoms with E-state index in [2.05, 4.69) is 10.4 Å². The lowest BCUT2D eigenvalue weighted by molar-refractivity contribution is -0.385. The average Bonchev–Trinajstić information content (AvgIpc) is 3.22. The molecule has 0 atom stereocenters. The number of aromatic nitrogens is 2. The summed E-state index contributed by atoms with van der Waals surface area (Å²) in [5.74, 6) is -0.385. The molecular weight excluding hydrogens is 449 g/mol. The van der Waals surface area contributed by atoms with Crippen LogP contribution in [0.3, 0.4) is 0 Å². The maximum Gasteiger partial charge on any atom is 0.270 e. The van der Waals surface area contributed by atoms with Gasteiger partial charge in [0.2, 0.25) is 10.0 Å². The molecular formula is C22H18FN5O4S. The first-order chi connectivity index (χ1) is 15.7. The minimum absolute atomic E-state index is 0.112. The van der Waals surface area contributed by atoms with Crippen LogP contribution in [0.2, 0.25) is 0 Å². The predicted molar refractivity (Wildman–Crippen MR) is 121 cm³/mol. The van der Waals surface area contributed by atoms with Crippen LogP contribution < -0.4 is 10.5 Å². The van der Waals surface area contributed by atoms with Gasteiger partial charge in [-0.25, -0.2) is 22.6 Å². The molecule has 3 aromatic carbocycles. The number of anilines is 1. The molecule has 0 spiro atoms. The van der Waals surface area contributed by atoms with Crippen molar-refractivity contribution in [3.63, 3.8) is 0 Å². The van der Waals surface area contributed by atoms with Gasteiger partial charge in [-0.15, -0.1) is 0 Å². The number of sulfonamides is 1. The van der Waals surface area contributed by atoms with Gasteiger partial charge in [0.1, 0.15) is 10.7 Å². The molecule has 168 valence electrons. The predicted octanol–water partition coefficient (Wildman–Crippen LogP) is 3.85. The summed E-state index contributed by atoms with van der Waals surface area (Å²) in [6.45, 7) is 0.125. The molecule has 0 aliphatic heterocycles. The molecule has 0 saturated heterocycles. The van der Waals surface area contributed by atoms with Crippen LogP contribution in [0.15, 0.2) is 83.9 Å². The average molecular weight is 467 g/mol. The molecule has 0 fully saturated rings. The van der Waals surface area contributed by atoms with Crippen LogP contribution in [0.5, 0.6) is 0 Å². The summed E-state index contributed by atoms with van der Waals surface area (Å²) in [6, 6.07) is 18.6. The Morgan fingerprint density at radius 3 is 2.39 bits per heavy atom. The first-order valence-electron chi connectivity index (χ1n) is 9.67. The smallest absolute Gasteiger partial charge is 0.270 e. The van der Waals surface area contributed by atoms with Crippen molar-refractivity contribution in [1.29, 1.82) is 0 Å². The van der Waals surface area contributed by atoms with Gasteiger partial charge in [-0.05, 0) is 42.5 Å². The molecule has 0 radical (unpaired) electrons. The molecule has 0 bridgehead atoms. The molecule has 0 saturated carbocycles. The number of benzene rings is 3. The summed E-state index contributed by atoms with van der Waals surface area (Å²) in [5.41, 5.74) is 2.43. The van der Waals surface area contributed by atoms with E-state index in [9.17, 15) is 22.9 Å². The fraction of sp³-hybridized carbons (Fsp3) is 0.0455. The lowest BCUT2D eigenvalue weighted by Crippen LogP contribution is -2.15. The number of hydrogen-bond acceptors (Lipinski definition) is 6. The number of nitro benzene ring substituents is 1. The lowest BCUT2D eigenvalue weighted by atomic mass is 10.1. The number of nitrogens with one attached hydrogen (secondary N) is 1. The minimum atomic E-state index is -4.23. The van der Waals surface area contributed by atoms with E-state index in [1.807, 2.05) is 30.3 Å². The highest BCUT2D eigenvalue weighted by Gasteiger charge is 2.20. The SMILES string of the molecule is NS(=O)(=O)c1cc([N+](=O)[O-])ccc1NCc1cn(-c2ccccc2)nc1-c1ccc(F)cc1. The highest BCUT2D eigenvalue weighted by molar-refractivity contribution is 7.89. The maximum atomic E-state index is 13.4. The van der Waals surface area contributed by atoms with Crippen molar-refractivity contribution in [1.82, 2.24) is 9.78 Å². The number of para-hydroxylation sites is 1. The number of nitrogens with two attached hydrogens (primary N) is 1. The van der Waals surface area contributed by atoms with Crippen LogP contribution in [0.25, 0.3) is 16.9 Å². The fourth-order valence-electron chi connectivity index (χ4n) is 3.30. The first kappa shape index (κ1) is 22.1. The summed E-state index contributed by atoms with van der Waals surface area (Å²) in [5, 5.41) is 23.9. The van der Waals surface area contributed by atoms with Crippen LogP contribution in [-0.2, 0) is 16.6 Å². The summed E-state index contributed by atoms with van der Waals surface area (Å²) in [6.07, 6.45) is 1.77. The van der Waals surface area contributed by atoms with Gasteiger partial charge in [0.25, 0.3) is 5.69 Å². The van der Waals surface area contributed by atoms with E-state index in [-0.39, 0.29) is 18.0 Å². The number of non-ortho nitro benzene ring substituents is 1. The van der Waals surface area contributed by atoms with E-state index in [1.54, 1.807) is 23.0 Å². The number of rotatable bonds is 7. The molecule has 0 aliphatic rings. The summed E-state index contributed by atoms with van der Waals surface area (Å²) in [7, 11) is -4.23. The third kappa shape index (κ3) is 4.89. The van der Waals surface area contributed by atoms with Crippen molar-refractivity contribution >= 4 is 21.4 Å². The molecule has 9 nitrogen and oxygen atoms in total. The highest BCUT2D eigenvalue weighted by Crippen LogP contribution is 2.28. The van der Waals surface area contributed by atoms with Crippen LogP contribution in [-0.4, -0.2) is 23.1 Å². The molecule has 1 heterocycles. The maximum absolute atomic E-state index is 13.4. The Morgan fingerprint density at radius 1 is 1.06 bits per heavy atom. The standard InChI is InChI=1S/C22H18FN5O4S/c23-17-8-6-15(7-9-17)22-16(14-27(26-22)18-4-2-1-3-5-18)13-25-20-11-10-19(28(29)30)12-21(20)33(24,31)32/h1-12,14,25H,13H2,(H2,24,31,32). The van der Waals surface area contributed by atoms with Crippen molar-refractivity contribution in [2.45, 2.75) is 11.4 Å². The second kappa shape index (κ2) is 8.81. The van der Waals surface area contributed by atoms with Crippen molar-refractivity contribution in [3.05, 3.63) is 100 Å². The van der Waals surface area contributed by atoms with Crippen molar-refractivity contribution in [2.24, 2.45) is 5.14 Å². The van der Waals surface area contributed by atoms with Crippen molar-refractivity contribution in [2.75, 3.05) is 5.32 Å². The number of halogens is 1. The Kier molecular flexibility index (Phi) is 5.90. The summed E-state index contributed by atoms with van der Waals surface area (Å²) in [4.78, 5) is 9.95. The molecule has 0 amide bonds. The first-order valence-corrected chi connectivity index (χ1v) is 11.2. The van der Waals surface area contributed by atoms with Gasteiger partial charge in [0, 0.05) is 36.0 Å². The third-order valence-corrected chi connectivity index (χ3v) is 5.83. The Hall–Kier alpha value is -4.09.